The first-order valence-corrected chi connectivity index (χ1v) is 8.90. The van der Waals surface area contributed by atoms with E-state index >= 15 is 0 Å². The highest BCUT2D eigenvalue weighted by Gasteiger charge is 2.29. The van der Waals surface area contributed by atoms with E-state index in [1.807, 2.05) is 11.8 Å². The third kappa shape index (κ3) is 3.61. The van der Waals surface area contributed by atoms with Gasteiger partial charge >= 0.3 is 5.97 Å². The topological polar surface area (TPSA) is 40.5 Å². The lowest BCUT2D eigenvalue weighted by Gasteiger charge is -2.40. The molecule has 114 valence electrons. The summed E-state index contributed by atoms with van der Waals surface area (Å²) < 4.78 is 0. The van der Waals surface area contributed by atoms with Crippen LogP contribution in [0.1, 0.15) is 43.7 Å². The highest BCUT2D eigenvalue weighted by Crippen LogP contribution is 2.40. The van der Waals surface area contributed by atoms with E-state index in [2.05, 4.69) is 29.2 Å². The zero-order chi connectivity index (χ0) is 14.7. The van der Waals surface area contributed by atoms with Crippen molar-refractivity contribution in [1.29, 1.82) is 0 Å². The molecule has 0 aliphatic carbocycles. The molecule has 3 nitrogen and oxygen atoms in total. The number of nitrogens with zero attached hydrogens (tertiary/aromatic N) is 1. The van der Waals surface area contributed by atoms with Gasteiger partial charge < -0.3 is 5.11 Å². The van der Waals surface area contributed by atoms with Crippen LogP contribution >= 0.6 is 11.8 Å². The number of carbonyl (C=O) groups is 1. The molecule has 1 N–H and O–H groups in total. The molecular formula is C17H23NO2S. The van der Waals surface area contributed by atoms with Gasteiger partial charge in [-0.05, 0) is 62.1 Å². The quantitative estimate of drug-likeness (QED) is 0.918. The van der Waals surface area contributed by atoms with Crippen molar-refractivity contribution in [1.82, 2.24) is 4.90 Å². The van der Waals surface area contributed by atoms with Crippen LogP contribution < -0.4 is 0 Å². The first-order chi connectivity index (χ1) is 10.2. The monoisotopic (exact) mass is 305 g/mol. The number of piperidine rings is 1. The molecule has 0 radical (unpaired) electrons. The minimum atomic E-state index is -0.657. The fourth-order valence-electron chi connectivity index (χ4n) is 3.58. The summed E-state index contributed by atoms with van der Waals surface area (Å²) in [5.41, 5.74) is 1.50. The van der Waals surface area contributed by atoms with Crippen LogP contribution in [0.2, 0.25) is 0 Å². The fraction of sp³-hybridized carbons (Fsp3) is 0.588. The molecule has 0 aromatic heterocycles. The summed E-state index contributed by atoms with van der Waals surface area (Å²) >= 11 is 1.98. The van der Waals surface area contributed by atoms with Crippen LogP contribution in [0.5, 0.6) is 0 Å². The summed E-state index contributed by atoms with van der Waals surface area (Å²) in [4.78, 5) is 14.7. The highest BCUT2D eigenvalue weighted by atomic mass is 32.2. The molecule has 1 aromatic carbocycles. The summed E-state index contributed by atoms with van der Waals surface area (Å²) in [5.74, 6) is 1.15. The van der Waals surface area contributed by atoms with E-state index in [9.17, 15) is 4.79 Å². The van der Waals surface area contributed by atoms with Crippen LogP contribution in [0, 0.1) is 5.92 Å². The first kappa shape index (κ1) is 14.9. The van der Waals surface area contributed by atoms with Crippen LogP contribution in [0.4, 0.5) is 0 Å². The second kappa shape index (κ2) is 6.84. The lowest BCUT2D eigenvalue weighted by Crippen LogP contribution is -2.38. The van der Waals surface area contributed by atoms with E-state index in [4.69, 9.17) is 5.11 Å². The summed E-state index contributed by atoms with van der Waals surface area (Å²) in [7, 11) is 0. The molecule has 1 fully saturated rings. The SMILES string of the molecule is O=C(O)CCC1CCN(C2CCSc3ccccc32)CC1. The lowest BCUT2D eigenvalue weighted by atomic mass is 9.90. The summed E-state index contributed by atoms with van der Waals surface area (Å²) in [5, 5.41) is 8.80. The van der Waals surface area contributed by atoms with E-state index in [0.717, 1.165) is 32.4 Å². The Kier molecular flexibility index (Phi) is 4.86. The number of fused-ring (bicyclic) bond motifs is 1. The summed E-state index contributed by atoms with van der Waals surface area (Å²) in [6.07, 6.45) is 4.72. The minimum absolute atomic E-state index is 0.327. The molecular weight excluding hydrogens is 282 g/mol. The summed E-state index contributed by atoms with van der Waals surface area (Å²) in [6, 6.07) is 9.38. The molecule has 2 aliphatic heterocycles. The number of likely N-dealkylation sites (tertiary alicyclic amines) is 1. The number of aliphatic carboxylic acids is 1. The maximum Gasteiger partial charge on any atom is 0.303 e. The Bertz CT molecular complexity index is 497. The Morgan fingerprint density at radius 3 is 2.76 bits per heavy atom. The Morgan fingerprint density at radius 1 is 1.24 bits per heavy atom. The van der Waals surface area contributed by atoms with Gasteiger partial charge in [-0.3, -0.25) is 9.69 Å². The van der Waals surface area contributed by atoms with Gasteiger partial charge in [-0.15, -0.1) is 11.8 Å². The van der Waals surface area contributed by atoms with Gasteiger partial charge in [0.05, 0.1) is 0 Å². The van der Waals surface area contributed by atoms with Crippen molar-refractivity contribution in [3.63, 3.8) is 0 Å². The molecule has 21 heavy (non-hydrogen) atoms. The largest absolute Gasteiger partial charge is 0.481 e. The molecule has 0 saturated carbocycles. The van der Waals surface area contributed by atoms with Gasteiger partial charge in [0.15, 0.2) is 0 Å². The minimum Gasteiger partial charge on any atom is -0.481 e. The Labute approximate surface area is 130 Å². The zero-order valence-corrected chi connectivity index (χ0v) is 13.1. The van der Waals surface area contributed by atoms with Gasteiger partial charge in [-0.1, -0.05) is 18.2 Å². The van der Waals surface area contributed by atoms with Crippen molar-refractivity contribution in [2.24, 2.45) is 5.92 Å². The normalized spacial score (nSPS) is 23.7. The molecule has 0 bridgehead atoms. The maximum absolute atomic E-state index is 10.7. The van der Waals surface area contributed by atoms with Gasteiger partial charge in [0.25, 0.3) is 0 Å². The molecule has 1 atom stereocenters. The van der Waals surface area contributed by atoms with E-state index in [-0.39, 0.29) is 0 Å². The van der Waals surface area contributed by atoms with Gasteiger partial charge in [0, 0.05) is 17.4 Å². The molecule has 1 unspecified atom stereocenters. The molecule has 3 rings (SSSR count). The third-order valence-corrected chi connectivity index (χ3v) is 5.91. The molecule has 0 spiro atoms. The van der Waals surface area contributed by atoms with E-state index in [1.165, 1.54) is 22.6 Å². The fourth-order valence-corrected chi connectivity index (χ4v) is 4.69. The summed E-state index contributed by atoms with van der Waals surface area (Å²) in [6.45, 7) is 2.24. The molecule has 0 amide bonds. The van der Waals surface area contributed by atoms with Crippen LogP contribution in [0.3, 0.4) is 0 Å². The average molecular weight is 305 g/mol. The van der Waals surface area contributed by atoms with Gasteiger partial charge in [-0.25, -0.2) is 0 Å². The second-order valence-corrected chi connectivity index (χ2v) is 7.24. The van der Waals surface area contributed by atoms with Crippen molar-refractivity contribution in [2.75, 3.05) is 18.8 Å². The van der Waals surface area contributed by atoms with Crippen LogP contribution in [0.15, 0.2) is 29.2 Å². The zero-order valence-electron chi connectivity index (χ0n) is 12.3. The number of rotatable bonds is 4. The Morgan fingerprint density at radius 2 is 2.00 bits per heavy atom. The molecule has 2 heterocycles. The van der Waals surface area contributed by atoms with Gasteiger partial charge in [0.2, 0.25) is 0 Å². The Hall–Kier alpha value is -1.00. The maximum atomic E-state index is 10.7. The second-order valence-electron chi connectivity index (χ2n) is 6.10. The number of benzene rings is 1. The smallest absolute Gasteiger partial charge is 0.303 e. The number of hydrogen-bond acceptors (Lipinski definition) is 3. The van der Waals surface area contributed by atoms with Crippen LogP contribution in [-0.4, -0.2) is 34.8 Å². The van der Waals surface area contributed by atoms with E-state index in [1.54, 1.807) is 0 Å². The predicted octanol–water partition coefficient (Wildman–Crippen LogP) is 3.80. The van der Waals surface area contributed by atoms with Crippen molar-refractivity contribution < 1.29 is 9.90 Å². The van der Waals surface area contributed by atoms with E-state index < -0.39 is 5.97 Å². The van der Waals surface area contributed by atoms with Crippen molar-refractivity contribution in [3.05, 3.63) is 29.8 Å². The average Bonchev–Trinajstić information content (AvgIpc) is 2.53. The highest BCUT2D eigenvalue weighted by molar-refractivity contribution is 7.99. The van der Waals surface area contributed by atoms with Gasteiger partial charge in [-0.2, -0.15) is 0 Å². The van der Waals surface area contributed by atoms with Gasteiger partial charge in [0.1, 0.15) is 0 Å². The van der Waals surface area contributed by atoms with Crippen LogP contribution in [0.25, 0.3) is 0 Å². The third-order valence-electron chi connectivity index (χ3n) is 4.78. The number of carboxylic acids is 1. The lowest BCUT2D eigenvalue weighted by molar-refractivity contribution is -0.137. The molecule has 4 heteroatoms. The molecule has 2 aliphatic rings. The number of carboxylic acid groups (broad SMARTS) is 1. The van der Waals surface area contributed by atoms with Crippen LogP contribution in [-0.2, 0) is 4.79 Å². The van der Waals surface area contributed by atoms with Crippen molar-refractivity contribution in [3.8, 4) is 0 Å². The predicted molar refractivity (Wildman–Crippen MR) is 85.7 cm³/mol. The van der Waals surface area contributed by atoms with Crippen molar-refractivity contribution in [2.45, 2.75) is 43.0 Å². The van der Waals surface area contributed by atoms with Crippen molar-refractivity contribution >= 4 is 17.7 Å². The molecule has 1 saturated heterocycles. The molecule has 1 aromatic rings. The Balaban J connectivity index is 1.59. The number of hydrogen-bond donors (Lipinski definition) is 1. The standard InChI is InChI=1S/C17H23NO2S/c19-17(20)6-5-13-7-10-18(11-8-13)15-9-12-21-16-4-2-1-3-14(15)16/h1-4,13,15H,5-12H2,(H,19,20). The first-order valence-electron chi connectivity index (χ1n) is 7.91. The van der Waals surface area contributed by atoms with E-state index in [0.29, 0.717) is 18.4 Å². The number of thioether (sulfide) groups is 1.